The first-order valence-corrected chi connectivity index (χ1v) is 12.2. The molecule has 2 amide bonds. The quantitative estimate of drug-likeness (QED) is 0.612. The number of benzene rings is 2. The molecule has 2 aromatic carbocycles. The summed E-state index contributed by atoms with van der Waals surface area (Å²) in [5.74, 6) is -0.215. The van der Waals surface area contributed by atoms with Gasteiger partial charge in [-0.05, 0) is 48.9 Å². The minimum Gasteiger partial charge on any atom is -0.379 e. The molecule has 1 heterocycles. The van der Waals surface area contributed by atoms with Crippen molar-refractivity contribution in [1.82, 2.24) is 4.31 Å². The van der Waals surface area contributed by atoms with Gasteiger partial charge in [0.2, 0.25) is 21.8 Å². The number of carbonyl (C=O) groups is 2. The van der Waals surface area contributed by atoms with Gasteiger partial charge in [-0.2, -0.15) is 4.31 Å². The first-order valence-electron chi connectivity index (χ1n) is 9.74. The van der Waals surface area contributed by atoms with Gasteiger partial charge >= 0.3 is 0 Å². The highest BCUT2D eigenvalue weighted by molar-refractivity contribution is 8.00. The summed E-state index contributed by atoms with van der Waals surface area (Å²) in [5, 5.41) is 5.50. The van der Waals surface area contributed by atoms with Crippen molar-refractivity contribution in [2.45, 2.75) is 23.6 Å². The van der Waals surface area contributed by atoms with Gasteiger partial charge in [0.25, 0.3) is 0 Å². The molecule has 1 aliphatic heterocycles. The molecule has 2 N–H and O–H groups in total. The number of morpholine rings is 1. The van der Waals surface area contributed by atoms with E-state index in [0.717, 1.165) is 10.5 Å². The van der Waals surface area contributed by atoms with E-state index < -0.39 is 10.0 Å². The van der Waals surface area contributed by atoms with E-state index in [4.69, 9.17) is 4.74 Å². The zero-order valence-electron chi connectivity index (χ0n) is 17.4. The molecule has 0 atom stereocenters. The van der Waals surface area contributed by atoms with Crippen LogP contribution in [-0.2, 0) is 24.3 Å². The number of sulfonamides is 1. The van der Waals surface area contributed by atoms with Gasteiger partial charge in [0.05, 0.1) is 23.9 Å². The second kappa shape index (κ2) is 10.3. The maximum atomic E-state index is 12.9. The van der Waals surface area contributed by atoms with E-state index in [0.29, 0.717) is 37.7 Å². The van der Waals surface area contributed by atoms with Crippen molar-refractivity contribution in [3.8, 4) is 0 Å². The zero-order chi connectivity index (χ0) is 22.4. The SMILES string of the molecule is CC(=O)Nc1ccc(SCC(=O)Nc2cc(S(=O)(=O)N3CCOCC3)ccc2C)cc1. The van der Waals surface area contributed by atoms with Crippen molar-refractivity contribution in [3.05, 3.63) is 48.0 Å². The van der Waals surface area contributed by atoms with Crippen LogP contribution in [0.5, 0.6) is 0 Å². The Morgan fingerprint density at radius 1 is 1.06 bits per heavy atom. The van der Waals surface area contributed by atoms with Gasteiger partial charge < -0.3 is 15.4 Å². The molecule has 0 radical (unpaired) electrons. The first kappa shape index (κ1) is 23.3. The second-order valence-corrected chi connectivity index (χ2v) is 10.0. The third-order valence-electron chi connectivity index (χ3n) is 4.64. The Morgan fingerprint density at radius 3 is 2.39 bits per heavy atom. The van der Waals surface area contributed by atoms with Crippen LogP contribution in [0.15, 0.2) is 52.3 Å². The number of rotatable bonds is 7. The van der Waals surface area contributed by atoms with Crippen LogP contribution in [0.3, 0.4) is 0 Å². The molecule has 0 spiro atoms. The predicted octanol–water partition coefficient (Wildman–Crippen LogP) is 2.71. The molecule has 0 saturated carbocycles. The van der Waals surface area contributed by atoms with Crippen LogP contribution in [-0.4, -0.2) is 56.6 Å². The molecule has 1 saturated heterocycles. The number of carbonyl (C=O) groups excluding carboxylic acids is 2. The number of anilines is 2. The van der Waals surface area contributed by atoms with E-state index in [-0.39, 0.29) is 22.5 Å². The summed E-state index contributed by atoms with van der Waals surface area (Å²) in [5.41, 5.74) is 1.94. The second-order valence-electron chi connectivity index (χ2n) is 7.04. The minimum absolute atomic E-state index is 0.145. The molecule has 166 valence electrons. The molecule has 2 aromatic rings. The average Bonchev–Trinajstić information content (AvgIpc) is 2.75. The fraction of sp³-hybridized carbons (Fsp3) is 0.333. The van der Waals surface area contributed by atoms with Gasteiger partial charge in [-0.25, -0.2) is 8.42 Å². The van der Waals surface area contributed by atoms with E-state index in [9.17, 15) is 18.0 Å². The fourth-order valence-electron chi connectivity index (χ4n) is 3.01. The highest BCUT2D eigenvalue weighted by Gasteiger charge is 2.26. The predicted molar refractivity (Wildman–Crippen MR) is 121 cm³/mol. The van der Waals surface area contributed by atoms with Gasteiger partial charge in [-0.15, -0.1) is 11.8 Å². The van der Waals surface area contributed by atoms with Crippen molar-refractivity contribution >= 4 is 45.0 Å². The normalized spacial score (nSPS) is 14.8. The van der Waals surface area contributed by atoms with Gasteiger partial charge in [0.1, 0.15) is 0 Å². The Bertz CT molecular complexity index is 1050. The van der Waals surface area contributed by atoms with Crippen molar-refractivity contribution in [2.24, 2.45) is 0 Å². The molecule has 1 fully saturated rings. The van der Waals surface area contributed by atoms with Crippen LogP contribution >= 0.6 is 11.8 Å². The van der Waals surface area contributed by atoms with Crippen molar-refractivity contribution < 1.29 is 22.7 Å². The van der Waals surface area contributed by atoms with Crippen LogP contribution in [0.4, 0.5) is 11.4 Å². The van der Waals surface area contributed by atoms with E-state index >= 15 is 0 Å². The minimum atomic E-state index is -3.64. The van der Waals surface area contributed by atoms with Gasteiger partial charge in [-0.1, -0.05) is 6.07 Å². The maximum absolute atomic E-state index is 12.9. The monoisotopic (exact) mass is 463 g/mol. The largest absolute Gasteiger partial charge is 0.379 e. The molecule has 8 nitrogen and oxygen atoms in total. The van der Waals surface area contributed by atoms with E-state index in [1.807, 2.05) is 19.1 Å². The lowest BCUT2D eigenvalue weighted by atomic mass is 10.2. The molecule has 31 heavy (non-hydrogen) atoms. The summed E-state index contributed by atoms with van der Waals surface area (Å²) in [6.07, 6.45) is 0. The number of aryl methyl sites for hydroxylation is 1. The van der Waals surface area contributed by atoms with Gasteiger partial charge in [0, 0.05) is 36.3 Å². The summed E-state index contributed by atoms with van der Waals surface area (Å²) >= 11 is 1.35. The number of thioether (sulfide) groups is 1. The maximum Gasteiger partial charge on any atom is 0.243 e. The fourth-order valence-corrected chi connectivity index (χ4v) is 5.14. The van der Waals surface area contributed by atoms with Crippen LogP contribution in [0.25, 0.3) is 0 Å². The highest BCUT2D eigenvalue weighted by Crippen LogP contribution is 2.25. The Balaban J connectivity index is 1.63. The van der Waals surface area contributed by atoms with Gasteiger partial charge in [0.15, 0.2) is 0 Å². The first-order chi connectivity index (χ1) is 14.8. The molecule has 1 aliphatic rings. The zero-order valence-corrected chi connectivity index (χ0v) is 19.0. The van der Waals surface area contributed by atoms with E-state index in [2.05, 4.69) is 10.6 Å². The Hall–Kier alpha value is -2.40. The standard InChI is InChI=1S/C21H25N3O5S2/c1-15-3-8-19(31(27,28)24-9-11-29-12-10-24)13-20(15)23-21(26)14-30-18-6-4-17(5-7-18)22-16(2)25/h3-8,13H,9-12,14H2,1-2H3,(H,22,25)(H,23,26). The summed E-state index contributed by atoms with van der Waals surface area (Å²) in [7, 11) is -3.64. The summed E-state index contributed by atoms with van der Waals surface area (Å²) in [4.78, 5) is 24.6. The Morgan fingerprint density at radius 2 is 1.74 bits per heavy atom. The topological polar surface area (TPSA) is 105 Å². The number of ether oxygens (including phenoxy) is 1. The van der Waals surface area contributed by atoms with E-state index in [1.54, 1.807) is 24.3 Å². The van der Waals surface area contributed by atoms with Crippen LogP contribution in [0, 0.1) is 6.92 Å². The van der Waals surface area contributed by atoms with Gasteiger partial charge in [-0.3, -0.25) is 9.59 Å². The summed E-state index contributed by atoms with van der Waals surface area (Å²) in [6, 6.07) is 11.9. The Kier molecular flexibility index (Phi) is 7.71. The van der Waals surface area contributed by atoms with Crippen LogP contribution in [0.2, 0.25) is 0 Å². The number of hydrogen-bond donors (Lipinski definition) is 2. The lowest BCUT2D eigenvalue weighted by molar-refractivity contribution is -0.114. The smallest absolute Gasteiger partial charge is 0.243 e. The van der Waals surface area contributed by atoms with Crippen LogP contribution < -0.4 is 10.6 Å². The summed E-state index contributed by atoms with van der Waals surface area (Å²) < 4.78 is 32.4. The highest BCUT2D eigenvalue weighted by atomic mass is 32.2. The Labute approximate surface area is 186 Å². The molecule has 0 bridgehead atoms. The van der Waals surface area contributed by atoms with Crippen molar-refractivity contribution in [2.75, 3.05) is 42.7 Å². The molecule has 10 heteroatoms. The molecule has 0 aromatic heterocycles. The molecule has 0 unspecified atom stereocenters. The number of nitrogens with one attached hydrogen (secondary N) is 2. The lowest BCUT2D eigenvalue weighted by Crippen LogP contribution is -2.40. The third-order valence-corrected chi connectivity index (χ3v) is 7.54. The number of nitrogens with zero attached hydrogens (tertiary/aromatic N) is 1. The number of amides is 2. The third kappa shape index (κ3) is 6.30. The van der Waals surface area contributed by atoms with Crippen molar-refractivity contribution in [3.63, 3.8) is 0 Å². The molecular formula is C21H25N3O5S2. The average molecular weight is 464 g/mol. The number of hydrogen-bond acceptors (Lipinski definition) is 6. The molecule has 3 rings (SSSR count). The lowest BCUT2D eigenvalue weighted by Gasteiger charge is -2.26. The van der Waals surface area contributed by atoms with Crippen LogP contribution in [0.1, 0.15) is 12.5 Å². The summed E-state index contributed by atoms with van der Waals surface area (Å²) in [6.45, 7) is 4.63. The van der Waals surface area contributed by atoms with E-state index in [1.165, 1.54) is 29.1 Å². The molecular weight excluding hydrogens is 438 g/mol. The molecule has 0 aliphatic carbocycles. The van der Waals surface area contributed by atoms with Crippen molar-refractivity contribution in [1.29, 1.82) is 0 Å².